The number of hydrogen-bond donors (Lipinski definition) is 0. The molecule has 1 fully saturated rings. The molecule has 0 bridgehead atoms. The van der Waals surface area contributed by atoms with Gasteiger partial charge < -0.3 is 4.90 Å². The van der Waals surface area contributed by atoms with E-state index in [-0.39, 0.29) is 17.4 Å². The Morgan fingerprint density at radius 2 is 1.20 bits per heavy atom. The van der Waals surface area contributed by atoms with Gasteiger partial charge in [0.25, 0.3) is 0 Å². The molecule has 3 aromatic rings. The van der Waals surface area contributed by atoms with Crippen LogP contribution in [0, 0.1) is 5.41 Å². The van der Waals surface area contributed by atoms with Crippen molar-refractivity contribution in [1.29, 1.82) is 0 Å². The van der Waals surface area contributed by atoms with Gasteiger partial charge in [0.05, 0.1) is 0 Å². The molecular formula is C27H31NOSi. The van der Waals surface area contributed by atoms with Crippen molar-refractivity contribution in [2.45, 2.75) is 38.8 Å². The third-order valence-corrected chi connectivity index (χ3v) is 12.0. The van der Waals surface area contributed by atoms with Crippen LogP contribution in [0.3, 0.4) is 0 Å². The van der Waals surface area contributed by atoms with E-state index in [0.717, 1.165) is 12.5 Å². The van der Waals surface area contributed by atoms with Gasteiger partial charge >= 0.3 is 0 Å². The van der Waals surface area contributed by atoms with Crippen LogP contribution in [0.5, 0.6) is 0 Å². The monoisotopic (exact) mass is 413 g/mol. The molecule has 0 aliphatic carbocycles. The molecular weight excluding hydrogens is 382 g/mol. The summed E-state index contributed by atoms with van der Waals surface area (Å²) in [5.74, 6) is 0.274. The maximum Gasteiger partial charge on any atom is 0.222 e. The number of benzene rings is 3. The summed E-state index contributed by atoms with van der Waals surface area (Å²) in [6.07, 6.45) is 1.60. The van der Waals surface area contributed by atoms with Gasteiger partial charge in [0.15, 0.2) is 0 Å². The lowest BCUT2D eigenvalue weighted by Crippen LogP contribution is -2.70. The number of amides is 1. The fraction of sp³-hybridized carbons (Fsp3) is 0.296. The Kier molecular flexibility index (Phi) is 5.66. The van der Waals surface area contributed by atoms with E-state index in [1.165, 1.54) is 15.6 Å². The number of likely N-dealkylation sites (tertiary alicyclic amines) is 1. The molecule has 3 heteroatoms. The zero-order chi connectivity index (χ0) is 21.2. The lowest BCUT2D eigenvalue weighted by Gasteiger charge is -2.49. The van der Waals surface area contributed by atoms with Crippen LogP contribution in [0.25, 0.3) is 0 Å². The maximum absolute atomic E-state index is 12.7. The Morgan fingerprint density at radius 3 is 1.60 bits per heavy atom. The standard InChI is InChI=1S/C27H31NOSi/c1-27(2)20-19-26(29)28(3)25(27)21-30(22-13-7-4-8-14-22,23-15-9-5-10-16-23)24-17-11-6-12-18-24/h4-18,25H,19-21H2,1-3H3. The highest BCUT2D eigenvalue weighted by Gasteiger charge is 2.48. The van der Waals surface area contributed by atoms with E-state index >= 15 is 0 Å². The lowest BCUT2D eigenvalue weighted by atomic mass is 9.77. The van der Waals surface area contributed by atoms with Crippen LogP contribution in [0.4, 0.5) is 0 Å². The summed E-state index contributed by atoms with van der Waals surface area (Å²) < 4.78 is 0. The minimum absolute atomic E-state index is 0.0826. The second kappa shape index (κ2) is 8.23. The van der Waals surface area contributed by atoms with Crippen molar-refractivity contribution >= 4 is 29.5 Å². The Bertz CT molecular complexity index is 888. The SMILES string of the molecule is CN1C(=O)CCC(C)(C)C1C[Si](c1ccccc1)(c1ccccc1)c1ccccc1. The zero-order valence-corrected chi connectivity index (χ0v) is 19.2. The molecule has 0 aromatic heterocycles. The van der Waals surface area contributed by atoms with E-state index in [4.69, 9.17) is 0 Å². The van der Waals surface area contributed by atoms with Crippen LogP contribution in [-0.4, -0.2) is 32.0 Å². The summed E-state index contributed by atoms with van der Waals surface area (Å²) in [4.78, 5) is 14.8. The van der Waals surface area contributed by atoms with E-state index in [2.05, 4.69) is 105 Å². The number of piperidine rings is 1. The Labute approximate surface area is 181 Å². The molecule has 1 amide bonds. The highest BCUT2D eigenvalue weighted by molar-refractivity contribution is 7.11. The smallest absolute Gasteiger partial charge is 0.222 e. The average molecular weight is 414 g/mol. The molecule has 1 atom stereocenters. The van der Waals surface area contributed by atoms with E-state index < -0.39 is 8.07 Å². The van der Waals surface area contributed by atoms with E-state index in [9.17, 15) is 4.79 Å². The normalized spacial score (nSPS) is 19.0. The van der Waals surface area contributed by atoms with Crippen molar-refractivity contribution in [2.75, 3.05) is 7.05 Å². The molecule has 1 aliphatic heterocycles. The largest absolute Gasteiger partial charge is 0.342 e. The van der Waals surface area contributed by atoms with Crippen molar-refractivity contribution in [2.24, 2.45) is 5.41 Å². The van der Waals surface area contributed by atoms with Crippen LogP contribution >= 0.6 is 0 Å². The van der Waals surface area contributed by atoms with Gasteiger partial charge in [-0.1, -0.05) is 105 Å². The van der Waals surface area contributed by atoms with Crippen LogP contribution < -0.4 is 15.6 Å². The number of carbonyl (C=O) groups excluding carboxylic acids is 1. The number of hydrogen-bond acceptors (Lipinski definition) is 1. The highest BCUT2D eigenvalue weighted by Crippen LogP contribution is 2.39. The first-order valence-corrected chi connectivity index (χ1v) is 13.1. The van der Waals surface area contributed by atoms with Gasteiger partial charge in [0, 0.05) is 19.5 Å². The molecule has 1 unspecified atom stereocenters. The quantitative estimate of drug-likeness (QED) is 0.460. The number of nitrogens with zero attached hydrogens (tertiary/aromatic N) is 1. The fourth-order valence-electron chi connectivity index (χ4n) is 5.19. The topological polar surface area (TPSA) is 20.3 Å². The third kappa shape index (κ3) is 3.63. The third-order valence-electron chi connectivity index (χ3n) is 7.05. The lowest BCUT2D eigenvalue weighted by molar-refractivity contribution is -0.139. The van der Waals surface area contributed by atoms with Gasteiger partial charge in [0.1, 0.15) is 8.07 Å². The summed E-state index contributed by atoms with van der Waals surface area (Å²) in [6.45, 7) is 4.67. The first-order valence-electron chi connectivity index (χ1n) is 10.9. The Morgan fingerprint density at radius 1 is 0.800 bits per heavy atom. The fourth-order valence-corrected chi connectivity index (χ4v) is 10.6. The first kappa shape index (κ1) is 20.6. The maximum atomic E-state index is 12.7. The summed E-state index contributed by atoms with van der Waals surface area (Å²) in [6, 6.07) is 34.2. The summed E-state index contributed by atoms with van der Waals surface area (Å²) in [7, 11) is -0.357. The summed E-state index contributed by atoms with van der Waals surface area (Å²) in [5.41, 5.74) is 0.0826. The summed E-state index contributed by atoms with van der Waals surface area (Å²) in [5, 5.41) is 4.22. The molecule has 0 saturated carbocycles. The Hall–Kier alpha value is -2.65. The Balaban J connectivity index is 1.97. The van der Waals surface area contributed by atoms with Crippen LogP contribution in [0.1, 0.15) is 26.7 Å². The highest BCUT2D eigenvalue weighted by atomic mass is 28.3. The van der Waals surface area contributed by atoms with Crippen LogP contribution in [-0.2, 0) is 4.79 Å². The minimum atomic E-state index is -2.37. The molecule has 0 spiro atoms. The zero-order valence-electron chi connectivity index (χ0n) is 18.2. The van der Waals surface area contributed by atoms with Gasteiger partial charge in [-0.2, -0.15) is 0 Å². The first-order chi connectivity index (χ1) is 14.4. The number of carbonyl (C=O) groups is 1. The van der Waals surface area contributed by atoms with Crippen molar-refractivity contribution in [1.82, 2.24) is 4.90 Å². The van der Waals surface area contributed by atoms with Gasteiger partial charge in [0.2, 0.25) is 5.91 Å². The van der Waals surface area contributed by atoms with Gasteiger partial charge in [-0.3, -0.25) is 4.79 Å². The molecule has 0 radical (unpaired) electrons. The molecule has 1 aliphatic rings. The van der Waals surface area contributed by atoms with E-state index in [0.29, 0.717) is 6.42 Å². The van der Waals surface area contributed by atoms with E-state index in [1.807, 2.05) is 11.9 Å². The minimum Gasteiger partial charge on any atom is -0.342 e. The molecule has 2 nitrogen and oxygen atoms in total. The molecule has 154 valence electrons. The van der Waals surface area contributed by atoms with Crippen LogP contribution in [0.15, 0.2) is 91.0 Å². The van der Waals surface area contributed by atoms with Gasteiger partial charge in [-0.05, 0) is 33.4 Å². The second-order valence-electron chi connectivity index (χ2n) is 9.22. The van der Waals surface area contributed by atoms with Gasteiger partial charge in [-0.25, -0.2) is 0 Å². The second-order valence-corrected chi connectivity index (χ2v) is 13.2. The number of rotatable bonds is 5. The molecule has 30 heavy (non-hydrogen) atoms. The molecule has 4 rings (SSSR count). The molecule has 3 aromatic carbocycles. The van der Waals surface area contributed by atoms with E-state index in [1.54, 1.807) is 0 Å². The molecule has 1 heterocycles. The summed E-state index contributed by atoms with van der Waals surface area (Å²) >= 11 is 0. The molecule has 1 saturated heterocycles. The van der Waals surface area contributed by atoms with Crippen LogP contribution in [0.2, 0.25) is 6.04 Å². The van der Waals surface area contributed by atoms with Crippen molar-refractivity contribution in [3.05, 3.63) is 91.0 Å². The van der Waals surface area contributed by atoms with Crippen molar-refractivity contribution < 1.29 is 4.79 Å². The van der Waals surface area contributed by atoms with Crippen molar-refractivity contribution in [3.63, 3.8) is 0 Å². The van der Waals surface area contributed by atoms with Gasteiger partial charge in [-0.15, -0.1) is 0 Å². The van der Waals surface area contributed by atoms with Crippen molar-refractivity contribution in [3.8, 4) is 0 Å². The predicted molar refractivity (Wildman–Crippen MR) is 128 cm³/mol. The molecule has 0 N–H and O–H groups in total. The predicted octanol–water partition coefficient (Wildman–Crippen LogP) is 3.80. The average Bonchev–Trinajstić information content (AvgIpc) is 2.79.